The third-order valence-corrected chi connectivity index (χ3v) is 1.70. The first-order valence-electron chi connectivity index (χ1n) is 4.35. The molecule has 0 spiro atoms. The van der Waals surface area contributed by atoms with Gasteiger partial charge in [-0.2, -0.15) is 0 Å². The second kappa shape index (κ2) is 4.51. The van der Waals surface area contributed by atoms with Gasteiger partial charge in [0.25, 0.3) is 0 Å². The van der Waals surface area contributed by atoms with E-state index in [1.54, 1.807) is 0 Å². The molecule has 68 valence electrons. The van der Waals surface area contributed by atoms with Crippen molar-refractivity contribution in [3.63, 3.8) is 0 Å². The van der Waals surface area contributed by atoms with Crippen LogP contribution in [0.3, 0.4) is 0 Å². The molecule has 1 aromatic heterocycles. The highest BCUT2D eigenvalue weighted by Gasteiger charge is 1.90. The predicted octanol–water partition coefficient (Wildman–Crippen LogP) is 3.48. The Bertz CT molecular complexity index is 322. The molecule has 0 bridgehead atoms. The lowest BCUT2D eigenvalue weighted by Gasteiger charge is -2.01. The summed E-state index contributed by atoms with van der Waals surface area (Å²) >= 11 is 0. The maximum Gasteiger partial charge on any atom is 0.0443 e. The molecule has 0 unspecified atom stereocenters. The van der Waals surface area contributed by atoms with E-state index in [2.05, 4.69) is 32.6 Å². The van der Waals surface area contributed by atoms with Gasteiger partial charge in [0.2, 0.25) is 0 Å². The highest BCUT2D eigenvalue weighted by molar-refractivity contribution is 5.58. The largest absolute Gasteiger partial charge is 0.324 e. The lowest BCUT2D eigenvalue weighted by atomic mass is 10.3. The predicted molar refractivity (Wildman–Crippen MR) is 58.3 cm³/mol. The van der Waals surface area contributed by atoms with Crippen molar-refractivity contribution in [3.8, 4) is 0 Å². The molecule has 1 nitrogen and oxygen atoms in total. The molecule has 0 N–H and O–H groups in total. The van der Waals surface area contributed by atoms with E-state index < -0.39 is 0 Å². The van der Waals surface area contributed by atoms with E-state index in [1.807, 2.05) is 35.2 Å². The molecule has 0 saturated carbocycles. The zero-order valence-electron chi connectivity index (χ0n) is 8.20. The molecular weight excluding hydrogens is 158 g/mol. The number of rotatable bonds is 3. The third-order valence-electron chi connectivity index (χ3n) is 1.70. The average molecular weight is 173 g/mol. The Balaban J connectivity index is 2.92. The number of hydrogen-bond donors (Lipinski definition) is 0. The van der Waals surface area contributed by atoms with Crippen molar-refractivity contribution in [1.29, 1.82) is 0 Å². The third kappa shape index (κ3) is 2.79. The second-order valence-electron chi connectivity index (χ2n) is 3.13. The van der Waals surface area contributed by atoms with Gasteiger partial charge in [0.15, 0.2) is 0 Å². The first kappa shape index (κ1) is 9.59. The Hall–Kier alpha value is -1.50. The highest BCUT2D eigenvalue weighted by atomic mass is 14.9. The van der Waals surface area contributed by atoms with Crippen LogP contribution in [0.1, 0.15) is 13.8 Å². The van der Waals surface area contributed by atoms with E-state index in [1.165, 1.54) is 5.57 Å². The van der Waals surface area contributed by atoms with Gasteiger partial charge in [0, 0.05) is 18.1 Å². The molecule has 0 saturated heterocycles. The van der Waals surface area contributed by atoms with Crippen LogP contribution in [0.2, 0.25) is 0 Å². The standard InChI is InChI=1S/C12H15N/c1-4-12(8-7-11(2)3)13-9-5-6-10-13/h4-10H,1H2,2-3H3/b12-8+. The molecule has 1 heteroatoms. The average Bonchev–Trinajstić information content (AvgIpc) is 2.58. The summed E-state index contributed by atoms with van der Waals surface area (Å²) in [5.74, 6) is 0. The smallest absolute Gasteiger partial charge is 0.0443 e. The van der Waals surface area contributed by atoms with Crippen LogP contribution in [0, 0.1) is 0 Å². The van der Waals surface area contributed by atoms with Crippen molar-refractivity contribution in [2.24, 2.45) is 0 Å². The zero-order chi connectivity index (χ0) is 9.68. The van der Waals surface area contributed by atoms with Gasteiger partial charge in [-0.1, -0.05) is 18.2 Å². The maximum atomic E-state index is 3.78. The molecule has 0 amide bonds. The Morgan fingerprint density at radius 1 is 1.15 bits per heavy atom. The van der Waals surface area contributed by atoms with E-state index >= 15 is 0 Å². The molecule has 0 fully saturated rings. The minimum absolute atomic E-state index is 1.09. The van der Waals surface area contributed by atoms with Crippen LogP contribution < -0.4 is 0 Å². The van der Waals surface area contributed by atoms with Gasteiger partial charge in [-0.05, 0) is 38.1 Å². The van der Waals surface area contributed by atoms with Gasteiger partial charge in [-0.3, -0.25) is 0 Å². The molecule has 1 heterocycles. The number of hydrogen-bond acceptors (Lipinski definition) is 0. The van der Waals surface area contributed by atoms with Crippen molar-refractivity contribution in [2.45, 2.75) is 13.8 Å². The first-order valence-corrected chi connectivity index (χ1v) is 4.35. The summed E-state index contributed by atoms with van der Waals surface area (Å²) in [6, 6.07) is 4.00. The molecule has 1 rings (SSSR count). The summed E-state index contributed by atoms with van der Waals surface area (Å²) in [4.78, 5) is 0. The summed E-state index contributed by atoms with van der Waals surface area (Å²) in [6.45, 7) is 7.93. The summed E-state index contributed by atoms with van der Waals surface area (Å²) in [6.07, 6.45) is 10.00. The van der Waals surface area contributed by atoms with Crippen LogP contribution in [0.15, 0.2) is 54.9 Å². The van der Waals surface area contributed by atoms with Crippen LogP contribution in [-0.4, -0.2) is 4.57 Å². The molecule has 0 radical (unpaired) electrons. The van der Waals surface area contributed by atoms with Crippen LogP contribution in [0.4, 0.5) is 0 Å². The van der Waals surface area contributed by atoms with Crippen molar-refractivity contribution < 1.29 is 0 Å². The fourth-order valence-corrected chi connectivity index (χ4v) is 1.02. The van der Waals surface area contributed by atoms with E-state index in [9.17, 15) is 0 Å². The van der Waals surface area contributed by atoms with Gasteiger partial charge >= 0.3 is 0 Å². The van der Waals surface area contributed by atoms with Gasteiger partial charge in [-0.15, -0.1) is 0 Å². The Morgan fingerprint density at radius 2 is 1.77 bits per heavy atom. The second-order valence-corrected chi connectivity index (χ2v) is 3.13. The molecule has 13 heavy (non-hydrogen) atoms. The minimum atomic E-state index is 1.09. The molecular formula is C12H15N. The van der Waals surface area contributed by atoms with Crippen molar-refractivity contribution in [2.75, 3.05) is 0 Å². The van der Waals surface area contributed by atoms with Crippen molar-refractivity contribution in [1.82, 2.24) is 4.57 Å². The first-order chi connectivity index (χ1) is 6.24. The minimum Gasteiger partial charge on any atom is -0.324 e. The monoisotopic (exact) mass is 173 g/mol. The molecule has 0 atom stereocenters. The SMILES string of the molecule is C=C/C(=C\C=C(C)C)n1cccc1. The lowest BCUT2D eigenvalue weighted by Crippen LogP contribution is -1.88. The Kier molecular flexibility index (Phi) is 3.32. The fourth-order valence-electron chi connectivity index (χ4n) is 1.02. The van der Waals surface area contributed by atoms with E-state index in [0.29, 0.717) is 0 Å². The number of aromatic nitrogens is 1. The van der Waals surface area contributed by atoms with Gasteiger partial charge < -0.3 is 4.57 Å². The van der Waals surface area contributed by atoms with Gasteiger partial charge in [0.05, 0.1) is 0 Å². The van der Waals surface area contributed by atoms with Crippen LogP contribution >= 0.6 is 0 Å². The quantitative estimate of drug-likeness (QED) is 0.617. The van der Waals surface area contributed by atoms with E-state index in [4.69, 9.17) is 0 Å². The van der Waals surface area contributed by atoms with Gasteiger partial charge in [0.1, 0.15) is 0 Å². The molecule has 1 aromatic rings. The molecule has 0 aliphatic rings. The van der Waals surface area contributed by atoms with Crippen molar-refractivity contribution in [3.05, 3.63) is 54.9 Å². The van der Waals surface area contributed by atoms with Crippen LogP contribution in [0.5, 0.6) is 0 Å². The van der Waals surface area contributed by atoms with Crippen LogP contribution in [0.25, 0.3) is 5.70 Å². The normalized spacial score (nSPS) is 11.1. The lowest BCUT2D eigenvalue weighted by molar-refractivity contribution is 1.13. The summed E-state index contributed by atoms with van der Waals surface area (Å²) < 4.78 is 2.03. The number of nitrogens with zero attached hydrogens (tertiary/aromatic N) is 1. The topological polar surface area (TPSA) is 4.93 Å². The van der Waals surface area contributed by atoms with Gasteiger partial charge in [-0.25, -0.2) is 0 Å². The highest BCUT2D eigenvalue weighted by Crippen LogP contribution is 2.06. The maximum absolute atomic E-state index is 3.78. The molecule has 0 aliphatic carbocycles. The van der Waals surface area contributed by atoms with E-state index in [0.717, 1.165) is 5.70 Å². The molecule has 0 aliphatic heterocycles. The van der Waals surface area contributed by atoms with E-state index in [-0.39, 0.29) is 0 Å². The van der Waals surface area contributed by atoms with Crippen molar-refractivity contribution >= 4 is 5.70 Å². The Labute approximate surface area is 79.7 Å². The summed E-state index contributed by atoms with van der Waals surface area (Å²) in [5, 5.41) is 0. The Morgan fingerprint density at radius 3 is 2.23 bits per heavy atom. The summed E-state index contributed by atoms with van der Waals surface area (Å²) in [5.41, 5.74) is 2.37. The summed E-state index contributed by atoms with van der Waals surface area (Å²) in [7, 11) is 0. The molecule has 0 aromatic carbocycles. The fraction of sp³-hybridized carbons (Fsp3) is 0.167. The van der Waals surface area contributed by atoms with Crippen LogP contribution in [-0.2, 0) is 0 Å². The zero-order valence-corrected chi connectivity index (χ0v) is 8.20. The number of allylic oxidation sites excluding steroid dienone is 5.